The number of rotatable bonds is 5. The van der Waals surface area contributed by atoms with Crippen LogP contribution in [0.3, 0.4) is 0 Å². The lowest BCUT2D eigenvalue weighted by atomic mass is 10.0. The zero-order valence-electron chi connectivity index (χ0n) is 15.6. The summed E-state index contributed by atoms with van der Waals surface area (Å²) in [6, 6.07) is 11.5. The van der Waals surface area contributed by atoms with E-state index < -0.39 is 11.4 Å². The molecule has 0 aliphatic heterocycles. The third kappa shape index (κ3) is 3.91. The molecule has 0 spiro atoms. The highest BCUT2D eigenvalue weighted by Crippen LogP contribution is 2.24. The van der Waals surface area contributed by atoms with Crippen LogP contribution in [0.15, 0.2) is 47.4 Å². The van der Waals surface area contributed by atoms with Gasteiger partial charge in [0.05, 0.1) is 5.52 Å². The minimum Gasteiger partial charge on any atom is -0.477 e. The lowest BCUT2D eigenvalue weighted by Gasteiger charge is -2.15. The van der Waals surface area contributed by atoms with Gasteiger partial charge in [0.15, 0.2) is 0 Å². The van der Waals surface area contributed by atoms with Crippen LogP contribution in [0.2, 0.25) is 5.02 Å². The fraction of sp³-hybridized carbons (Fsp3) is 0.273. The molecule has 27 heavy (non-hydrogen) atoms. The molecule has 3 rings (SSSR count). The van der Waals surface area contributed by atoms with Crippen LogP contribution in [0, 0.1) is 12.8 Å². The van der Waals surface area contributed by atoms with E-state index >= 15 is 0 Å². The summed E-state index contributed by atoms with van der Waals surface area (Å²) in [6.07, 6.45) is 2.03. The van der Waals surface area contributed by atoms with Gasteiger partial charge in [-0.3, -0.25) is 4.79 Å². The minimum absolute atomic E-state index is 0.200. The molecule has 0 saturated heterocycles. The van der Waals surface area contributed by atoms with E-state index in [1.807, 2.05) is 41.8 Å². The Morgan fingerprint density at radius 2 is 1.96 bits per heavy atom. The Hall–Kier alpha value is -2.59. The van der Waals surface area contributed by atoms with Gasteiger partial charge >= 0.3 is 5.97 Å². The summed E-state index contributed by atoms with van der Waals surface area (Å²) < 4.78 is 1.86. The Morgan fingerprint density at radius 1 is 1.22 bits per heavy atom. The lowest BCUT2D eigenvalue weighted by Crippen LogP contribution is -2.20. The van der Waals surface area contributed by atoms with Crippen molar-refractivity contribution < 1.29 is 9.90 Å². The van der Waals surface area contributed by atoms with Crippen molar-refractivity contribution in [3.05, 3.63) is 80.1 Å². The van der Waals surface area contributed by atoms with Crippen molar-refractivity contribution in [2.45, 2.75) is 33.7 Å². The molecule has 0 bridgehead atoms. The Kier molecular flexibility index (Phi) is 5.38. The second-order valence-corrected chi connectivity index (χ2v) is 7.68. The van der Waals surface area contributed by atoms with Crippen LogP contribution in [0.25, 0.3) is 10.9 Å². The van der Waals surface area contributed by atoms with E-state index in [2.05, 4.69) is 13.8 Å². The van der Waals surface area contributed by atoms with Gasteiger partial charge in [0, 0.05) is 23.2 Å². The van der Waals surface area contributed by atoms with Gasteiger partial charge in [0.25, 0.3) is 0 Å². The van der Waals surface area contributed by atoms with E-state index in [1.165, 1.54) is 6.20 Å². The highest BCUT2D eigenvalue weighted by atomic mass is 35.5. The number of hydrogen-bond donors (Lipinski definition) is 1. The molecule has 0 amide bonds. The standard InChI is InChI=1S/C22H22ClNO3/c1-13(2)11-24-12-18(22(26)27)21(25)17-10-15(7-8-19(17)24)9-16-6-4-5-14(3)20(16)23/h4-8,10,12-13H,9,11H2,1-3H3,(H,26,27). The molecule has 1 heterocycles. The average molecular weight is 384 g/mol. The number of fused-ring (bicyclic) bond motifs is 1. The number of hydrogen-bond acceptors (Lipinski definition) is 2. The van der Waals surface area contributed by atoms with Gasteiger partial charge in [-0.25, -0.2) is 4.79 Å². The van der Waals surface area contributed by atoms with Gasteiger partial charge in [-0.1, -0.05) is 49.7 Å². The predicted octanol–water partition coefficient (Wildman–Crippen LogP) is 4.91. The molecule has 4 nitrogen and oxygen atoms in total. The molecule has 5 heteroatoms. The minimum atomic E-state index is -1.20. The topological polar surface area (TPSA) is 59.3 Å². The summed E-state index contributed by atoms with van der Waals surface area (Å²) in [5.74, 6) is -0.880. The van der Waals surface area contributed by atoms with Gasteiger partial charge in [-0.15, -0.1) is 0 Å². The van der Waals surface area contributed by atoms with E-state index in [-0.39, 0.29) is 5.56 Å². The summed E-state index contributed by atoms with van der Waals surface area (Å²) >= 11 is 6.40. The first-order valence-electron chi connectivity index (χ1n) is 8.91. The number of aromatic carboxylic acids is 1. The molecule has 2 aromatic carbocycles. The van der Waals surface area contributed by atoms with Crippen LogP contribution in [0.1, 0.15) is 40.9 Å². The van der Waals surface area contributed by atoms with E-state index in [0.29, 0.717) is 29.3 Å². The number of aryl methyl sites for hydroxylation is 1. The van der Waals surface area contributed by atoms with Gasteiger partial charge in [-0.2, -0.15) is 0 Å². The lowest BCUT2D eigenvalue weighted by molar-refractivity contribution is 0.0694. The maximum absolute atomic E-state index is 12.7. The third-order valence-corrected chi connectivity index (χ3v) is 5.14. The van der Waals surface area contributed by atoms with Crippen LogP contribution < -0.4 is 5.43 Å². The van der Waals surface area contributed by atoms with Crippen LogP contribution in [0.4, 0.5) is 0 Å². The number of pyridine rings is 1. The molecule has 0 unspecified atom stereocenters. The quantitative estimate of drug-likeness (QED) is 0.681. The van der Waals surface area contributed by atoms with E-state index in [4.69, 9.17) is 11.6 Å². The summed E-state index contributed by atoms with van der Waals surface area (Å²) in [5.41, 5.74) is 3.00. The summed E-state index contributed by atoms with van der Waals surface area (Å²) in [7, 11) is 0. The second-order valence-electron chi connectivity index (χ2n) is 7.30. The van der Waals surface area contributed by atoms with Crippen molar-refractivity contribution in [1.82, 2.24) is 4.57 Å². The summed E-state index contributed by atoms with van der Waals surface area (Å²) in [5, 5.41) is 10.6. The Balaban J connectivity index is 2.15. The zero-order valence-corrected chi connectivity index (χ0v) is 16.4. The predicted molar refractivity (Wildman–Crippen MR) is 109 cm³/mol. The fourth-order valence-electron chi connectivity index (χ4n) is 3.32. The van der Waals surface area contributed by atoms with Crippen molar-refractivity contribution >= 4 is 28.5 Å². The van der Waals surface area contributed by atoms with E-state index in [9.17, 15) is 14.7 Å². The number of carboxylic acid groups (broad SMARTS) is 1. The smallest absolute Gasteiger partial charge is 0.341 e. The monoisotopic (exact) mass is 383 g/mol. The maximum Gasteiger partial charge on any atom is 0.341 e. The molecule has 0 aliphatic rings. The molecule has 0 saturated carbocycles. The van der Waals surface area contributed by atoms with Crippen LogP contribution in [-0.2, 0) is 13.0 Å². The van der Waals surface area contributed by atoms with Crippen LogP contribution >= 0.6 is 11.6 Å². The molecule has 0 aliphatic carbocycles. The molecule has 140 valence electrons. The number of aromatic nitrogens is 1. The molecular weight excluding hydrogens is 362 g/mol. The van der Waals surface area contributed by atoms with Crippen molar-refractivity contribution in [3.63, 3.8) is 0 Å². The Bertz CT molecular complexity index is 1080. The van der Waals surface area contributed by atoms with Crippen molar-refractivity contribution in [3.8, 4) is 0 Å². The number of carbonyl (C=O) groups is 1. The Labute approximate surface area is 163 Å². The molecule has 1 N–H and O–H groups in total. The Morgan fingerprint density at radius 3 is 2.63 bits per heavy atom. The number of carboxylic acids is 1. The molecule has 0 radical (unpaired) electrons. The molecule has 0 atom stereocenters. The highest BCUT2D eigenvalue weighted by Gasteiger charge is 2.16. The molecular formula is C22H22ClNO3. The molecule has 0 fully saturated rings. The third-order valence-electron chi connectivity index (χ3n) is 4.60. The van der Waals surface area contributed by atoms with Gasteiger partial charge in [0.2, 0.25) is 5.43 Å². The number of nitrogens with zero attached hydrogens (tertiary/aromatic N) is 1. The SMILES string of the molecule is Cc1cccc(Cc2ccc3c(c2)c(=O)c(C(=O)O)cn3CC(C)C)c1Cl. The summed E-state index contributed by atoms with van der Waals surface area (Å²) in [6.45, 7) is 6.70. The second kappa shape index (κ2) is 7.57. The van der Waals surface area contributed by atoms with Gasteiger partial charge < -0.3 is 9.67 Å². The first-order chi connectivity index (χ1) is 12.8. The highest BCUT2D eigenvalue weighted by molar-refractivity contribution is 6.32. The van der Waals surface area contributed by atoms with Crippen LogP contribution in [0.5, 0.6) is 0 Å². The fourth-order valence-corrected chi connectivity index (χ4v) is 3.51. The zero-order chi connectivity index (χ0) is 19.7. The van der Waals surface area contributed by atoms with Crippen molar-refractivity contribution in [2.24, 2.45) is 5.92 Å². The van der Waals surface area contributed by atoms with E-state index in [0.717, 1.165) is 22.2 Å². The average Bonchev–Trinajstić information content (AvgIpc) is 2.61. The van der Waals surface area contributed by atoms with E-state index in [1.54, 1.807) is 6.07 Å². The van der Waals surface area contributed by atoms with Crippen molar-refractivity contribution in [2.75, 3.05) is 0 Å². The molecule has 1 aromatic heterocycles. The first-order valence-corrected chi connectivity index (χ1v) is 9.29. The summed E-state index contributed by atoms with van der Waals surface area (Å²) in [4.78, 5) is 24.2. The van der Waals surface area contributed by atoms with Crippen LogP contribution in [-0.4, -0.2) is 15.6 Å². The number of benzene rings is 2. The van der Waals surface area contributed by atoms with Gasteiger partial charge in [-0.05, 0) is 48.1 Å². The number of halogens is 1. The first kappa shape index (κ1) is 19.2. The molecule has 3 aromatic rings. The largest absolute Gasteiger partial charge is 0.477 e. The van der Waals surface area contributed by atoms with Crippen molar-refractivity contribution in [1.29, 1.82) is 0 Å². The normalized spacial score (nSPS) is 11.3. The maximum atomic E-state index is 12.7. The van der Waals surface area contributed by atoms with Gasteiger partial charge in [0.1, 0.15) is 5.56 Å².